The second-order valence-electron chi connectivity index (χ2n) is 7.75. The summed E-state index contributed by atoms with van der Waals surface area (Å²) < 4.78 is 13.9. The van der Waals surface area contributed by atoms with Gasteiger partial charge in [0.05, 0.1) is 22.9 Å². The Morgan fingerprint density at radius 2 is 1.94 bits per heavy atom. The number of amides is 1. The molecule has 9 heteroatoms. The molecule has 0 saturated carbocycles. The van der Waals surface area contributed by atoms with Crippen molar-refractivity contribution in [1.29, 1.82) is 5.26 Å². The standard InChI is InChI=1S/C26H22FN7O/c27-22-8-7-19(12-21(22)13-28)24(33-25(35)20-2-1-10-30-15-20)16-31-14-17-3-5-18(6-4-17)23-9-11-32-26(29)34-23/h1-12,15,24,31H,14,16H2,(H,33,35)(H2,29,32,34)/t24-/m1/s1. The molecule has 4 rings (SSSR count). The van der Waals surface area contributed by atoms with E-state index in [1.54, 1.807) is 36.7 Å². The number of halogens is 1. The molecule has 0 radical (unpaired) electrons. The Bertz CT molecular complexity index is 1350. The number of pyridine rings is 1. The zero-order chi connectivity index (χ0) is 24.6. The Labute approximate surface area is 201 Å². The molecule has 2 heterocycles. The summed E-state index contributed by atoms with van der Waals surface area (Å²) in [6.45, 7) is 0.879. The summed E-state index contributed by atoms with van der Waals surface area (Å²) in [7, 11) is 0. The molecule has 35 heavy (non-hydrogen) atoms. The SMILES string of the molecule is N#Cc1cc([C@@H](CNCc2ccc(-c3ccnc(N)n3)cc2)NC(=O)c2cccnc2)ccc1F. The minimum absolute atomic E-state index is 0.0796. The molecule has 0 aliphatic heterocycles. The Kier molecular flexibility index (Phi) is 7.35. The van der Waals surface area contributed by atoms with Gasteiger partial charge in [-0.2, -0.15) is 5.26 Å². The summed E-state index contributed by atoms with van der Waals surface area (Å²) in [6, 6.07) is 18.5. The predicted molar refractivity (Wildman–Crippen MR) is 129 cm³/mol. The van der Waals surface area contributed by atoms with Crippen molar-refractivity contribution >= 4 is 11.9 Å². The van der Waals surface area contributed by atoms with Crippen LogP contribution >= 0.6 is 0 Å². The van der Waals surface area contributed by atoms with Crippen LogP contribution in [0.25, 0.3) is 11.3 Å². The summed E-state index contributed by atoms with van der Waals surface area (Å²) >= 11 is 0. The van der Waals surface area contributed by atoms with Gasteiger partial charge in [-0.25, -0.2) is 14.4 Å². The van der Waals surface area contributed by atoms with E-state index in [2.05, 4.69) is 25.6 Å². The largest absolute Gasteiger partial charge is 0.368 e. The van der Waals surface area contributed by atoms with Crippen molar-refractivity contribution in [2.24, 2.45) is 0 Å². The van der Waals surface area contributed by atoms with Crippen molar-refractivity contribution in [3.63, 3.8) is 0 Å². The van der Waals surface area contributed by atoms with Gasteiger partial charge in [0.25, 0.3) is 5.91 Å². The fourth-order valence-corrected chi connectivity index (χ4v) is 3.52. The molecule has 2 aromatic heterocycles. The fourth-order valence-electron chi connectivity index (χ4n) is 3.52. The summed E-state index contributed by atoms with van der Waals surface area (Å²) in [4.78, 5) is 24.8. The van der Waals surface area contributed by atoms with E-state index < -0.39 is 11.9 Å². The molecule has 1 amide bonds. The quantitative estimate of drug-likeness (QED) is 0.362. The van der Waals surface area contributed by atoms with Crippen molar-refractivity contribution < 1.29 is 9.18 Å². The minimum atomic E-state index is -0.605. The third-order valence-corrected chi connectivity index (χ3v) is 5.34. The second-order valence-corrected chi connectivity index (χ2v) is 7.75. The maximum atomic E-state index is 13.9. The predicted octanol–water partition coefficient (Wildman–Crippen LogP) is 3.39. The van der Waals surface area contributed by atoms with E-state index >= 15 is 0 Å². The normalized spacial score (nSPS) is 11.4. The van der Waals surface area contributed by atoms with E-state index in [0.29, 0.717) is 24.2 Å². The van der Waals surface area contributed by atoms with Crippen LogP contribution in [-0.2, 0) is 6.54 Å². The first kappa shape index (κ1) is 23.5. The van der Waals surface area contributed by atoms with Crippen molar-refractivity contribution in [2.45, 2.75) is 12.6 Å². The van der Waals surface area contributed by atoms with Crippen LogP contribution in [0.15, 0.2) is 79.3 Å². The molecule has 174 valence electrons. The van der Waals surface area contributed by atoms with Gasteiger partial charge in [-0.15, -0.1) is 0 Å². The maximum absolute atomic E-state index is 13.9. The average Bonchev–Trinajstić information content (AvgIpc) is 2.89. The molecule has 2 aromatic carbocycles. The highest BCUT2D eigenvalue weighted by atomic mass is 19.1. The number of carbonyl (C=O) groups excluding carboxylic acids is 1. The Hall–Kier alpha value is -4.68. The molecule has 8 nitrogen and oxygen atoms in total. The molecule has 4 N–H and O–H groups in total. The lowest BCUT2D eigenvalue weighted by Gasteiger charge is -2.20. The first-order chi connectivity index (χ1) is 17.0. The van der Waals surface area contributed by atoms with Gasteiger partial charge in [0.1, 0.15) is 11.9 Å². The summed E-state index contributed by atoms with van der Waals surface area (Å²) in [5.41, 5.74) is 9.27. The van der Waals surface area contributed by atoms with Crippen molar-refractivity contribution in [2.75, 3.05) is 12.3 Å². The zero-order valence-corrected chi connectivity index (χ0v) is 18.6. The number of nitrogens with two attached hydrogens (primary N) is 1. The first-order valence-corrected chi connectivity index (χ1v) is 10.8. The number of carbonyl (C=O) groups is 1. The molecule has 0 aliphatic carbocycles. The molecule has 0 bridgehead atoms. The van der Waals surface area contributed by atoms with Crippen LogP contribution in [0.2, 0.25) is 0 Å². The van der Waals surface area contributed by atoms with E-state index in [4.69, 9.17) is 5.73 Å². The number of hydrogen-bond acceptors (Lipinski definition) is 7. The summed E-state index contributed by atoms with van der Waals surface area (Å²) in [5, 5.41) is 15.5. The van der Waals surface area contributed by atoms with E-state index in [1.165, 1.54) is 18.3 Å². The van der Waals surface area contributed by atoms with Gasteiger partial charge >= 0.3 is 0 Å². The molecule has 1 atom stereocenters. The average molecular weight is 468 g/mol. The molecule has 0 fully saturated rings. The van der Waals surface area contributed by atoms with E-state index in [1.807, 2.05) is 30.3 Å². The lowest BCUT2D eigenvalue weighted by Crippen LogP contribution is -2.35. The smallest absolute Gasteiger partial charge is 0.253 e. The lowest BCUT2D eigenvalue weighted by atomic mass is 10.0. The van der Waals surface area contributed by atoms with Crippen molar-refractivity contribution in [3.8, 4) is 17.3 Å². The topological polar surface area (TPSA) is 130 Å². The van der Waals surface area contributed by atoms with Crippen molar-refractivity contribution in [1.82, 2.24) is 25.6 Å². The van der Waals surface area contributed by atoms with Gasteiger partial charge in [-0.05, 0) is 41.5 Å². The Balaban J connectivity index is 1.46. The third-order valence-electron chi connectivity index (χ3n) is 5.34. The number of nitrogens with zero attached hydrogens (tertiary/aromatic N) is 4. The van der Waals surface area contributed by atoms with Crippen LogP contribution in [0.4, 0.5) is 10.3 Å². The number of benzene rings is 2. The third kappa shape index (κ3) is 6.01. The monoisotopic (exact) mass is 467 g/mol. The number of nitrogen functional groups attached to an aromatic ring is 1. The number of nitriles is 1. The Morgan fingerprint density at radius 1 is 1.11 bits per heavy atom. The number of anilines is 1. The van der Waals surface area contributed by atoms with E-state index in [0.717, 1.165) is 16.8 Å². The lowest BCUT2D eigenvalue weighted by molar-refractivity contribution is 0.0935. The summed E-state index contributed by atoms with van der Waals surface area (Å²) in [6.07, 6.45) is 4.66. The molecular weight excluding hydrogens is 445 g/mol. The Morgan fingerprint density at radius 3 is 2.66 bits per heavy atom. The molecule has 0 unspecified atom stereocenters. The van der Waals surface area contributed by atoms with Crippen LogP contribution in [-0.4, -0.2) is 27.4 Å². The summed E-state index contributed by atoms with van der Waals surface area (Å²) in [5.74, 6) is -0.707. The molecule has 4 aromatic rings. The van der Waals surface area contributed by atoms with Gasteiger partial charge in [-0.1, -0.05) is 30.3 Å². The highest BCUT2D eigenvalue weighted by molar-refractivity contribution is 5.94. The van der Waals surface area contributed by atoms with Gasteiger partial charge < -0.3 is 16.4 Å². The first-order valence-electron chi connectivity index (χ1n) is 10.8. The van der Waals surface area contributed by atoms with Crippen molar-refractivity contribution in [3.05, 3.63) is 107 Å². The maximum Gasteiger partial charge on any atom is 0.253 e. The number of nitrogens with one attached hydrogen (secondary N) is 2. The van der Waals surface area contributed by atoms with Gasteiger partial charge in [0, 0.05) is 37.2 Å². The number of rotatable bonds is 8. The molecule has 0 saturated heterocycles. The second kappa shape index (κ2) is 11.0. The van der Waals surface area contributed by atoms with Gasteiger partial charge in [0.2, 0.25) is 5.95 Å². The van der Waals surface area contributed by atoms with Crippen LogP contribution in [0.1, 0.15) is 33.1 Å². The van der Waals surface area contributed by atoms with Crippen LogP contribution in [0, 0.1) is 17.1 Å². The van der Waals surface area contributed by atoms with Crippen LogP contribution < -0.4 is 16.4 Å². The number of hydrogen-bond donors (Lipinski definition) is 3. The van der Waals surface area contributed by atoms with Crippen LogP contribution in [0.3, 0.4) is 0 Å². The fraction of sp³-hybridized carbons (Fsp3) is 0.115. The number of aromatic nitrogens is 3. The minimum Gasteiger partial charge on any atom is -0.368 e. The highest BCUT2D eigenvalue weighted by Crippen LogP contribution is 2.19. The van der Waals surface area contributed by atoms with E-state index in [-0.39, 0.29) is 17.4 Å². The molecular formula is C26H22FN7O. The van der Waals surface area contributed by atoms with E-state index in [9.17, 15) is 14.4 Å². The molecule has 0 spiro atoms. The van der Waals surface area contributed by atoms with Gasteiger partial charge in [-0.3, -0.25) is 9.78 Å². The van der Waals surface area contributed by atoms with Crippen LogP contribution in [0.5, 0.6) is 0 Å². The highest BCUT2D eigenvalue weighted by Gasteiger charge is 2.17. The zero-order valence-electron chi connectivity index (χ0n) is 18.6. The molecule has 0 aliphatic rings. The van der Waals surface area contributed by atoms with Gasteiger partial charge in [0.15, 0.2) is 0 Å².